The second kappa shape index (κ2) is 11.8. The molecule has 0 spiro atoms. The van der Waals surface area contributed by atoms with E-state index in [9.17, 15) is 40.5 Å². The Hall–Kier alpha value is -5.72. The highest BCUT2D eigenvalue weighted by Gasteiger charge is 2.41. The summed E-state index contributed by atoms with van der Waals surface area (Å²) in [5, 5.41) is 49.7. The molecule has 4 aromatic rings. The molecule has 6 rings (SSSR count). The van der Waals surface area contributed by atoms with Gasteiger partial charge in [-0.05, 0) is 72.9 Å². The maximum Gasteiger partial charge on any atom is 0.322 e. The maximum atomic E-state index is 12.7. The van der Waals surface area contributed by atoms with Gasteiger partial charge in [0.25, 0.3) is 11.4 Å². The van der Waals surface area contributed by atoms with Crippen molar-refractivity contribution in [1.82, 2.24) is 0 Å². The fourth-order valence-electron chi connectivity index (χ4n) is 6.93. The number of nitrogens with zero attached hydrogens (tertiary/aromatic N) is 4. The van der Waals surface area contributed by atoms with Crippen molar-refractivity contribution in [2.24, 2.45) is 0 Å². The van der Waals surface area contributed by atoms with Gasteiger partial charge in [-0.15, -0.1) is 0 Å². The minimum Gasteiger partial charge on any atom is -0.443 e. The smallest absolute Gasteiger partial charge is 0.322 e. The van der Waals surface area contributed by atoms with Crippen LogP contribution in [0.2, 0.25) is 0 Å². The Kier molecular flexibility index (Phi) is 7.67. The van der Waals surface area contributed by atoms with Crippen LogP contribution in [0.1, 0.15) is 70.9 Å². The molecular formula is C32H26N4O9. The number of rotatable bonds is 8. The zero-order valence-electron chi connectivity index (χ0n) is 23.8. The summed E-state index contributed by atoms with van der Waals surface area (Å²) >= 11 is 0. The SMILES string of the molecule is O=[N+]([O-])c1ccc(Oc2ccc([N+](=O)[O-])c(C3CCCc4ccccc43)c2[N+](=O)[O-])c([N+](=O)[O-])c1C1CCCc2ccccc21. The van der Waals surface area contributed by atoms with Crippen LogP contribution < -0.4 is 4.74 Å². The van der Waals surface area contributed by atoms with Crippen LogP contribution >= 0.6 is 0 Å². The Balaban J connectivity index is 1.56. The second-order valence-electron chi connectivity index (χ2n) is 11.1. The quantitative estimate of drug-likeness (QED) is 0.141. The normalized spacial score (nSPS) is 17.1. The van der Waals surface area contributed by atoms with Gasteiger partial charge in [0, 0.05) is 24.0 Å². The first kappa shape index (κ1) is 29.4. The van der Waals surface area contributed by atoms with Crippen LogP contribution in [0.15, 0.2) is 72.8 Å². The summed E-state index contributed by atoms with van der Waals surface area (Å²) in [6.45, 7) is 0. The van der Waals surface area contributed by atoms with Crippen LogP contribution in [-0.4, -0.2) is 19.7 Å². The van der Waals surface area contributed by atoms with Crippen LogP contribution in [-0.2, 0) is 12.8 Å². The molecule has 0 aliphatic heterocycles. The summed E-state index contributed by atoms with van der Waals surface area (Å²) in [6.07, 6.45) is 3.53. The summed E-state index contributed by atoms with van der Waals surface area (Å²) in [5.74, 6) is -2.26. The minimum atomic E-state index is -0.773. The average Bonchev–Trinajstić information content (AvgIpc) is 3.03. The first-order valence-corrected chi connectivity index (χ1v) is 14.4. The lowest BCUT2D eigenvalue weighted by atomic mass is 9.77. The van der Waals surface area contributed by atoms with E-state index in [1.807, 2.05) is 24.3 Å². The molecule has 2 aliphatic carbocycles. The van der Waals surface area contributed by atoms with E-state index < -0.39 is 65.8 Å². The standard InChI is InChI=1S/C32H26N4O9/c37-33(38)25-15-17-27(31(35(41)42)29(25)23-13-5-9-19-7-1-3-11-21(19)23)45-28-18-16-26(34(39)40)30(32(28)36(43)44)24-14-6-10-20-8-2-4-12-22(20)24/h1-4,7-8,11-12,15-18,23-24H,5-6,9-10,13-14H2. The molecule has 228 valence electrons. The zero-order chi connectivity index (χ0) is 31.8. The number of benzene rings is 4. The molecule has 0 N–H and O–H groups in total. The number of nitro benzene ring substituents is 4. The van der Waals surface area contributed by atoms with Gasteiger partial charge in [0.15, 0.2) is 0 Å². The van der Waals surface area contributed by atoms with Crippen molar-refractivity contribution < 1.29 is 24.4 Å². The molecule has 13 nitrogen and oxygen atoms in total. The van der Waals surface area contributed by atoms with E-state index in [-0.39, 0.29) is 11.1 Å². The number of hydrogen-bond donors (Lipinski definition) is 0. The van der Waals surface area contributed by atoms with Crippen molar-refractivity contribution in [3.05, 3.63) is 147 Å². The summed E-state index contributed by atoms with van der Waals surface area (Å²) in [7, 11) is 0. The number of fused-ring (bicyclic) bond motifs is 2. The van der Waals surface area contributed by atoms with Crippen LogP contribution in [0.5, 0.6) is 11.5 Å². The third-order valence-corrected chi connectivity index (χ3v) is 8.73. The predicted octanol–water partition coefficient (Wildman–Crippen LogP) is 8.05. The first-order chi connectivity index (χ1) is 21.7. The number of nitro groups is 4. The highest BCUT2D eigenvalue weighted by atomic mass is 16.6. The lowest BCUT2D eigenvalue weighted by Crippen LogP contribution is -2.15. The largest absolute Gasteiger partial charge is 0.443 e. The molecule has 2 aliphatic rings. The number of aryl methyl sites for hydroxylation is 2. The first-order valence-electron chi connectivity index (χ1n) is 14.4. The molecule has 2 unspecified atom stereocenters. The molecule has 0 amide bonds. The van der Waals surface area contributed by atoms with Crippen LogP contribution in [0.4, 0.5) is 22.7 Å². The van der Waals surface area contributed by atoms with Gasteiger partial charge in [-0.1, -0.05) is 48.5 Å². The van der Waals surface area contributed by atoms with Crippen molar-refractivity contribution in [2.45, 2.75) is 50.4 Å². The van der Waals surface area contributed by atoms with Gasteiger partial charge in [0.1, 0.15) is 11.1 Å². The summed E-state index contributed by atoms with van der Waals surface area (Å²) in [6, 6.07) is 18.8. The number of hydrogen-bond acceptors (Lipinski definition) is 9. The topological polar surface area (TPSA) is 182 Å². The maximum absolute atomic E-state index is 12.7. The molecular weight excluding hydrogens is 584 g/mol. The highest BCUT2D eigenvalue weighted by molar-refractivity contribution is 5.70. The Bertz CT molecular complexity index is 1760. The van der Waals surface area contributed by atoms with Gasteiger partial charge in [-0.3, -0.25) is 40.5 Å². The molecule has 45 heavy (non-hydrogen) atoms. The third-order valence-electron chi connectivity index (χ3n) is 8.73. The molecule has 0 radical (unpaired) electrons. The van der Waals surface area contributed by atoms with Crippen molar-refractivity contribution in [3.63, 3.8) is 0 Å². The van der Waals surface area contributed by atoms with Crippen molar-refractivity contribution in [3.8, 4) is 11.5 Å². The third kappa shape index (κ3) is 5.22. The van der Waals surface area contributed by atoms with Gasteiger partial charge in [0.05, 0.1) is 19.7 Å². The fourth-order valence-corrected chi connectivity index (χ4v) is 6.93. The molecule has 13 heteroatoms. The van der Waals surface area contributed by atoms with Crippen LogP contribution in [0.25, 0.3) is 0 Å². The zero-order valence-corrected chi connectivity index (χ0v) is 23.8. The van der Waals surface area contributed by atoms with E-state index in [0.717, 1.165) is 46.5 Å². The molecule has 0 saturated heterocycles. The van der Waals surface area contributed by atoms with Gasteiger partial charge in [0.2, 0.25) is 11.5 Å². The van der Waals surface area contributed by atoms with Crippen LogP contribution in [0, 0.1) is 40.5 Å². The van der Waals surface area contributed by atoms with E-state index in [1.54, 1.807) is 24.3 Å². The molecule has 0 aromatic heterocycles. The lowest BCUT2D eigenvalue weighted by molar-refractivity contribution is -0.397. The van der Waals surface area contributed by atoms with Crippen molar-refractivity contribution >= 4 is 22.7 Å². The van der Waals surface area contributed by atoms with Crippen molar-refractivity contribution in [2.75, 3.05) is 0 Å². The molecule has 0 bridgehead atoms. The van der Waals surface area contributed by atoms with Crippen LogP contribution in [0.3, 0.4) is 0 Å². The summed E-state index contributed by atoms with van der Waals surface area (Å²) in [5.41, 5.74) is 0.715. The molecule has 0 heterocycles. The Morgan fingerprint density at radius 3 is 1.31 bits per heavy atom. The Labute approximate surface area is 255 Å². The van der Waals surface area contributed by atoms with Gasteiger partial charge >= 0.3 is 11.4 Å². The highest BCUT2D eigenvalue weighted by Crippen LogP contribution is 2.52. The van der Waals surface area contributed by atoms with Gasteiger partial charge in [-0.25, -0.2) is 0 Å². The van der Waals surface area contributed by atoms with E-state index in [2.05, 4.69) is 0 Å². The Morgan fingerprint density at radius 1 is 0.533 bits per heavy atom. The van der Waals surface area contributed by atoms with Gasteiger partial charge < -0.3 is 4.74 Å². The van der Waals surface area contributed by atoms with E-state index >= 15 is 0 Å². The average molecular weight is 611 g/mol. The van der Waals surface area contributed by atoms with E-state index in [4.69, 9.17) is 4.74 Å². The summed E-state index contributed by atoms with van der Waals surface area (Å²) < 4.78 is 5.94. The predicted molar refractivity (Wildman–Crippen MR) is 162 cm³/mol. The fraction of sp³-hybridized carbons (Fsp3) is 0.250. The summed E-state index contributed by atoms with van der Waals surface area (Å²) in [4.78, 5) is 46.7. The number of ether oxygens (including phenoxy) is 1. The molecule has 4 aromatic carbocycles. The molecule has 0 saturated carbocycles. The van der Waals surface area contributed by atoms with E-state index in [1.165, 1.54) is 0 Å². The monoisotopic (exact) mass is 610 g/mol. The lowest BCUT2D eigenvalue weighted by Gasteiger charge is -2.26. The minimum absolute atomic E-state index is 0.152. The molecule has 2 atom stereocenters. The van der Waals surface area contributed by atoms with Gasteiger partial charge in [-0.2, -0.15) is 0 Å². The van der Waals surface area contributed by atoms with Crippen molar-refractivity contribution in [1.29, 1.82) is 0 Å². The van der Waals surface area contributed by atoms with E-state index in [0.29, 0.717) is 38.5 Å². The Morgan fingerprint density at radius 2 is 0.933 bits per heavy atom. The molecule has 0 fully saturated rings. The second-order valence-corrected chi connectivity index (χ2v) is 11.1.